The van der Waals surface area contributed by atoms with Crippen molar-refractivity contribution in [3.8, 4) is 0 Å². The van der Waals surface area contributed by atoms with Gasteiger partial charge in [0.2, 0.25) is 0 Å². The van der Waals surface area contributed by atoms with Crippen molar-refractivity contribution in [3.63, 3.8) is 0 Å². The van der Waals surface area contributed by atoms with Crippen molar-refractivity contribution in [1.82, 2.24) is 19.8 Å². The van der Waals surface area contributed by atoms with Gasteiger partial charge in [0.1, 0.15) is 11.5 Å². The van der Waals surface area contributed by atoms with Crippen LogP contribution in [-0.2, 0) is 0 Å². The van der Waals surface area contributed by atoms with Crippen LogP contribution < -0.4 is 10.2 Å². The summed E-state index contributed by atoms with van der Waals surface area (Å²) in [7, 11) is 2.07. The number of rotatable bonds is 6. The number of aromatic nitrogens is 2. The number of hydrogen-bond donors (Lipinski definition) is 1. The lowest BCUT2D eigenvalue weighted by Gasteiger charge is -2.32. The molecule has 0 atom stereocenters. The Morgan fingerprint density at radius 1 is 1.11 bits per heavy atom. The fourth-order valence-corrected chi connectivity index (χ4v) is 3.39. The summed E-state index contributed by atoms with van der Waals surface area (Å²) in [5.74, 6) is 0.584. The number of likely N-dealkylation sites (N-methyl/N-ethyl adjacent to an activating group) is 1. The number of hydrogen-bond acceptors (Lipinski definition) is 6. The van der Waals surface area contributed by atoms with Gasteiger partial charge in [-0.2, -0.15) is 0 Å². The van der Waals surface area contributed by atoms with E-state index < -0.39 is 0 Å². The normalized spacial score (nSPS) is 14.8. The summed E-state index contributed by atoms with van der Waals surface area (Å²) in [5, 5.41) is 3.30. The summed E-state index contributed by atoms with van der Waals surface area (Å²) >= 11 is 0. The Balaban J connectivity index is 1.66. The van der Waals surface area contributed by atoms with Crippen LogP contribution in [0.15, 0.2) is 30.6 Å². The molecule has 0 bridgehead atoms. The molecule has 0 aliphatic carbocycles. The van der Waals surface area contributed by atoms with Crippen LogP contribution in [0.4, 0.5) is 17.2 Å². The summed E-state index contributed by atoms with van der Waals surface area (Å²) in [6, 6.07) is 6.35. The van der Waals surface area contributed by atoms with Gasteiger partial charge >= 0.3 is 0 Å². The van der Waals surface area contributed by atoms with Crippen LogP contribution in [0.2, 0.25) is 0 Å². The Morgan fingerprint density at radius 2 is 1.82 bits per heavy atom. The molecule has 1 aliphatic heterocycles. The Bertz CT molecular complexity index is 795. The van der Waals surface area contributed by atoms with Crippen molar-refractivity contribution in [1.29, 1.82) is 0 Å². The number of carbonyl (C=O) groups excluding carboxylic acids is 1. The second kappa shape index (κ2) is 9.01. The topological polar surface area (TPSA) is 64.6 Å². The van der Waals surface area contributed by atoms with Crippen LogP contribution in [0.3, 0.4) is 0 Å². The molecule has 1 amide bonds. The molecular formula is C21H30N6O. The van der Waals surface area contributed by atoms with E-state index in [0.29, 0.717) is 11.5 Å². The Labute approximate surface area is 167 Å². The molecule has 3 rings (SSSR count). The molecule has 150 valence electrons. The number of anilines is 3. The smallest absolute Gasteiger partial charge is 0.274 e. The number of carbonyl (C=O) groups is 1. The van der Waals surface area contributed by atoms with E-state index in [4.69, 9.17) is 0 Å². The second-order valence-electron chi connectivity index (χ2n) is 7.18. The average Bonchev–Trinajstić information content (AvgIpc) is 2.71. The summed E-state index contributed by atoms with van der Waals surface area (Å²) in [6.07, 6.45) is 3.18. The van der Waals surface area contributed by atoms with Gasteiger partial charge in [-0.05, 0) is 51.6 Å². The molecule has 0 radical (unpaired) electrons. The molecule has 7 heteroatoms. The van der Waals surface area contributed by atoms with Gasteiger partial charge in [-0.3, -0.25) is 4.79 Å². The predicted molar refractivity (Wildman–Crippen MR) is 113 cm³/mol. The first-order valence-electron chi connectivity index (χ1n) is 9.94. The minimum atomic E-state index is -0.0492. The highest BCUT2D eigenvalue weighted by Crippen LogP contribution is 2.24. The summed E-state index contributed by atoms with van der Waals surface area (Å²) in [4.78, 5) is 27.7. The van der Waals surface area contributed by atoms with E-state index in [-0.39, 0.29) is 5.91 Å². The van der Waals surface area contributed by atoms with Gasteiger partial charge < -0.3 is 20.0 Å². The average molecular weight is 383 g/mol. The Hall–Kier alpha value is -2.67. The molecule has 1 aliphatic rings. The zero-order chi connectivity index (χ0) is 20.1. The lowest BCUT2D eigenvalue weighted by atomic mass is 10.1. The lowest BCUT2D eigenvalue weighted by Crippen LogP contribution is -2.47. The van der Waals surface area contributed by atoms with Crippen LogP contribution in [-0.4, -0.2) is 72.0 Å². The highest BCUT2D eigenvalue weighted by atomic mass is 16.2. The number of benzene rings is 1. The third-order valence-corrected chi connectivity index (χ3v) is 5.26. The first-order valence-corrected chi connectivity index (χ1v) is 9.94. The molecular weight excluding hydrogens is 352 g/mol. The molecule has 0 spiro atoms. The van der Waals surface area contributed by atoms with E-state index in [0.717, 1.165) is 50.5 Å². The van der Waals surface area contributed by atoms with Crippen molar-refractivity contribution < 1.29 is 4.79 Å². The van der Waals surface area contributed by atoms with Gasteiger partial charge in [0.05, 0.1) is 12.4 Å². The quantitative estimate of drug-likeness (QED) is 0.829. The van der Waals surface area contributed by atoms with Crippen molar-refractivity contribution in [2.24, 2.45) is 0 Å². The molecule has 0 unspecified atom stereocenters. The predicted octanol–water partition coefficient (Wildman–Crippen LogP) is 2.76. The summed E-state index contributed by atoms with van der Waals surface area (Å²) in [6.45, 7) is 11.6. The maximum Gasteiger partial charge on any atom is 0.274 e. The zero-order valence-electron chi connectivity index (χ0n) is 17.3. The molecule has 28 heavy (non-hydrogen) atoms. The lowest BCUT2D eigenvalue weighted by molar-refractivity contribution is 0.0658. The first kappa shape index (κ1) is 20.1. The standard InChI is InChI=1S/C21H30N6O/c1-5-26(6-2)17-7-8-18(16(3)13-17)24-20-15-22-19(14-23-20)21(28)27-11-9-25(4)10-12-27/h7-8,13-15H,5-6,9-12H2,1-4H3,(H,23,24). The molecule has 1 aromatic heterocycles. The van der Waals surface area contributed by atoms with Crippen molar-refractivity contribution in [2.75, 3.05) is 56.5 Å². The molecule has 7 nitrogen and oxygen atoms in total. The van der Waals surface area contributed by atoms with Crippen LogP contribution in [0, 0.1) is 6.92 Å². The van der Waals surface area contributed by atoms with Crippen LogP contribution >= 0.6 is 0 Å². The molecule has 1 fully saturated rings. The summed E-state index contributed by atoms with van der Waals surface area (Å²) in [5.41, 5.74) is 3.74. The largest absolute Gasteiger partial charge is 0.372 e. The molecule has 1 saturated heterocycles. The minimum absolute atomic E-state index is 0.0492. The molecule has 2 heterocycles. The monoisotopic (exact) mass is 382 g/mol. The SMILES string of the molecule is CCN(CC)c1ccc(Nc2cnc(C(=O)N3CCN(C)CC3)cn2)c(C)c1. The highest BCUT2D eigenvalue weighted by Gasteiger charge is 2.21. The van der Waals surface area contributed by atoms with Gasteiger partial charge in [-0.15, -0.1) is 0 Å². The third kappa shape index (κ3) is 4.59. The number of nitrogens with zero attached hydrogens (tertiary/aromatic N) is 5. The Kier molecular flexibility index (Phi) is 6.46. The van der Waals surface area contributed by atoms with Crippen molar-refractivity contribution in [3.05, 3.63) is 41.9 Å². The van der Waals surface area contributed by atoms with E-state index in [1.807, 2.05) is 4.90 Å². The van der Waals surface area contributed by atoms with Gasteiger partial charge in [0, 0.05) is 50.6 Å². The van der Waals surface area contributed by atoms with Gasteiger partial charge in [0.25, 0.3) is 5.91 Å². The van der Waals surface area contributed by atoms with Gasteiger partial charge in [-0.25, -0.2) is 9.97 Å². The highest BCUT2D eigenvalue weighted by molar-refractivity contribution is 5.92. The van der Waals surface area contributed by atoms with Crippen LogP contribution in [0.5, 0.6) is 0 Å². The first-order chi connectivity index (χ1) is 13.5. The molecule has 1 aromatic carbocycles. The maximum atomic E-state index is 12.6. The van der Waals surface area contributed by atoms with E-state index in [1.165, 1.54) is 5.69 Å². The number of aryl methyl sites for hydroxylation is 1. The fourth-order valence-electron chi connectivity index (χ4n) is 3.39. The minimum Gasteiger partial charge on any atom is -0.372 e. The van der Waals surface area contributed by atoms with Gasteiger partial charge in [0.15, 0.2) is 0 Å². The number of nitrogens with one attached hydrogen (secondary N) is 1. The van der Waals surface area contributed by atoms with Crippen molar-refractivity contribution in [2.45, 2.75) is 20.8 Å². The van der Waals surface area contributed by atoms with E-state index in [2.05, 4.69) is 71.1 Å². The maximum absolute atomic E-state index is 12.6. The van der Waals surface area contributed by atoms with Crippen molar-refractivity contribution >= 4 is 23.1 Å². The third-order valence-electron chi connectivity index (χ3n) is 5.26. The van der Waals surface area contributed by atoms with Crippen LogP contribution in [0.25, 0.3) is 0 Å². The van der Waals surface area contributed by atoms with E-state index in [9.17, 15) is 4.79 Å². The number of amides is 1. The zero-order valence-corrected chi connectivity index (χ0v) is 17.3. The number of piperazine rings is 1. The second-order valence-corrected chi connectivity index (χ2v) is 7.18. The molecule has 2 aromatic rings. The van der Waals surface area contributed by atoms with Gasteiger partial charge in [-0.1, -0.05) is 0 Å². The summed E-state index contributed by atoms with van der Waals surface area (Å²) < 4.78 is 0. The van der Waals surface area contributed by atoms with E-state index >= 15 is 0 Å². The Morgan fingerprint density at radius 3 is 2.39 bits per heavy atom. The van der Waals surface area contributed by atoms with E-state index in [1.54, 1.807) is 12.4 Å². The molecule has 1 N–H and O–H groups in total. The van der Waals surface area contributed by atoms with Crippen LogP contribution in [0.1, 0.15) is 29.9 Å². The molecule has 0 saturated carbocycles. The fraction of sp³-hybridized carbons (Fsp3) is 0.476.